The van der Waals surface area contributed by atoms with Crippen LogP contribution in [0.4, 0.5) is 17.2 Å². The smallest absolute Gasteiger partial charge is 0.274 e. The van der Waals surface area contributed by atoms with E-state index in [1.807, 2.05) is 24.3 Å². The Labute approximate surface area is 160 Å². The van der Waals surface area contributed by atoms with E-state index in [0.717, 1.165) is 11.4 Å². The summed E-state index contributed by atoms with van der Waals surface area (Å²) in [6.45, 7) is 0. The van der Waals surface area contributed by atoms with Gasteiger partial charge in [0.15, 0.2) is 0 Å². The molecule has 3 rings (SSSR count). The van der Waals surface area contributed by atoms with Crippen molar-refractivity contribution in [2.45, 2.75) is 0 Å². The second kappa shape index (κ2) is 8.03. The third-order valence-corrected chi connectivity index (χ3v) is 3.99. The monoisotopic (exact) mass is 388 g/mol. The average molecular weight is 389 g/mol. The van der Waals surface area contributed by atoms with Gasteiger partial charge in [0.1, 0.15) is 23.6 Å². The second-order valence-electron chi connectivity index (χ2n) is 5.22. The van der Waals surface area contributed by atoms with Crippen molar-refractivity contribution >= 4 is 46.3 Å². The van der Waals surface area contributed by atoms with Crippen LogP contribution < -0.4 is 15.4 Å². The zero-order valence-corrected chi connectivity index (χ0v) is 15.2. The third-order valence-electron chi connectivity index (χ3n) is 3.44. The number of amides is 1. The predicted octanol–water partition coefficient (Wildman–Crippen LogP) is 4.79. The first kappa shape index (κ1) is 18.0. The van der Waals surface area contributed by atoms with Gasteiger partial charge in [-0.2, -0.15) is 0 Å². The number of nitrogens with one attached hydrogen (secondary N) is 2. The molecular weight excluding hydrogens is 375 g/mol. The van der Waals surface area contributed by atoms with Gasteiger partial charge in [-0.1, -0.05) is 23.2 Å². The molecule has 0 aliphatic rings. The number of aromatic nitrogens is 2. The highest BCUT2D eigenvalue weighted by Gasteiger charge is 2.11. The van der Waals surface area contributed by atoms with E-state index in [1.54, 1.807) is 31.4 Å². The van der Waals surface area contributed by atoms with E-state index in [2.05, 4.69) is 20.6 Å². The third kappa shape index (κ3) is 4.41. The number of hydrogen-bond acceptors (Lipinski definition) is 5. The van der Waals surface area contributed by atoms with Crippen LogP contribution in [-0.4, -0.2) is 23.0 Å². The number of rotatable bonds is 5. The molecule has 1 heterocycles. The summed E-state index contributed by atoms with van der Waals surface area (Å²) in [5, 5.41) is 6.63. The topological polar surface area (TPSA) is 76.1 Å². The molecular formula is C18H14Cl2N4O2. The van der Waals surface area contributed by atoms with E-state index >= 15 is 0 Å². The number of carbonyl (C=O) groups is 1. The predicted molar refractivity (Wildman–Crippen MR) is 103 cm³/mol. The normalized spacial score (nSPS) is 10.3. The van der Waals surface area contributed by atoms with Crippen LogP contribution in [0.3, 0.4) is 0 Å². The van der Waals surface area contributed by atoms with Crippen molar-refractivity contribution in [3.63, 3.8) is 0 Å². The van der Waals surface area contributed by atoms with Crippen LogP contribution in [0.25, 0.3) is 0 Å². The molecule has 0 aliphatic carbocycles. The van der Waals surface area contributed by atoms with E-state index in [4.69, 9.17) is 27.9 Å². The highest BCUT2D eigenvalue weighted by molar-refractivity contribution is 6.36. The van der Waals surface area contributed by atoms with Crippen molar-refractivity contribution in [3.05, 3.63) is 70.6 Å². The molecule has 132 valence electrons. The van der Waals surface area contributed by atoms with Gasteiger partial charge in [0.05, 0.1) is 17.8 Å². The summed E-state index contributed by atoms with van der Waals surface area (Å²) in [6.07, 6.45) is 1.31. The summed E-state index contributed by atoms with van der Waals surface area (Å²) in [7, 11) is 1.60. The van der Waals surface area contributed by atoms with Crippen LogP contribution >= 0.6 is 23.2 Å². The molecule has 0 atom stereocenters. The standard InChI is InChI=1S/C18H14Cl2N4O2/c1-26-13-5-3-12(4-6-13)23-17-9-16(21-10-22-17)18(25)24-15-7-2-11(19)8-14(15)20/h2-10H,1H3,(H,24,25)(H,21,22,23). The van der Waals surface area contributed by atoms with Crippen molar-refractivity contribution < 1.29 is 9.53 Å². The molecule has 1 aromatic heterocycles. The molecule has 0 fully saturated rings. The van der Waals surface area contributed by atoms with Crippen LogP contribution in [0.15, 0.2) is 54.9 Å². The molecule has 0 spiro atoms. The fourth-order valence-corrected chi connectivity index (χ4v) is 2.61. The number of benzene rings is 2. The number of methoxy groups -OCH3 is 1. The summed E-state index contributed by atoms with van der Waals surface area (Å²) in [5.41, 5.74) is 1.45. The molecule has 0 unspecified atom stereocenters. The quantitative estimate of drug-likeness (QED) is 0.656. The highest BCUT2D eigenvalue weighted by Crippen LogP contribution is 2.26. The van der Waals surface area contributed by atoms with Crippen LogP contribution in [0.1, 0.15) is 10.5 Å². The highest BCUT2D eigenvalue weighted by atomic mass is 35.5. The molecule has 6 nitrogen and oxygen atoms in total. The Balaban J connectivity index is 1.74. The van der Waals surface area contributed by atoms with Gasteiger partial charge in [-0.15, -0.1) is 0 Å². The van der Waals surface area contributed by atoms with Gasteiger partial charge in [-0.3, -0.25) is 4.79 Å². The number of hydrogen-bond donors (Lipinski definition) is 2. The van der Waals surface area contributed by atoms with Gasteiger partial charge in [0.2, 0.25) is 0 Å². The molecule has 26 heavy (non-hydrogen) atoms. The number of carbonyl (C=O) groups excluding carboxylic acids is 1. The van der Waals surface area contributed by atoms with Crippen molar-refractivity contribution in [1.29, 1.82) is 0 Å². The second-order valence-corrected chi connectivity index (χ2v) is 6.06. The molecule has 1 amide bonds. The molecule has 3 aromatic rings. The molecule has 0 radical (unpaired) electrons. The van der Waals surface area contributed by atoms with Crippen molar-refractivity contribution in [3.8, 4) is 5.75 Å². The van der Waals surface area contributed by atoms with Crippen LogP contribution in [0.5, 0.6) is 5.75 Å². The Bertz CT molecular complexity index is 933. The van der Waals surface area contributed by atoms with E-state index in [0.29, 0.717) is 21.6 Å². The Morgan fingerprint density at radius 3 is 2.50 bits per heavy atom. The lowest BCUT2D eigenvalue weighted by Gasteiger charge is -2.09. The summed E-state index contributed by atoms with van der Waals surface area (Å²) < 4.78 is 5.12. The fourth-order valence-electron chi connectivity index (χ4n) is 2.15. The summed E-state index contributed by atoms with van der Waals surface area (Å²) in [6, 6.07) is 13.7. The zero-order chi connectivity index (χ0) is 18.5. The molecule has 2 aromatic carbocycles. The van der Waals surface area contributed by atoms with Gasteiger partial charge in [-0.25, -0.2) is 9.97 Å². The number of nitrogens with zero attached hydrogens (tertiary/aromatic N) is 2. The maximum Gasteiger partial charge on any atom is 0.274 e. The maximum absolute atomic E-state index is 12.4. The lowest BCUT2D eigenvalue weighted by molar-refractivity contribution is 0.102. The summed E-state index contributed by atoms with van der Waals surface area (Å²) >= 11 is 11.9. The fraction of sp³-hybridized carbons (Fsp3) is 0.0556. The minimum absolute atomic E-state index is 0.196. The van der Waals surface area contributed by atoms with Crippen molar-refractivity contribution in [1.82, 2.24) is 9.97 Å². The van der Waals surface area contributed by atoms with E-state index in [1.165, 1.54) is 6.33 Å². The number of halogens is 2. The molecule has 8 heteroatoms. The zero-order valence-electron chi connectivity index (χ0n) is 13.7. The van der Waals surface area contributed by atoms with E-state index in [-0.39, 0.29) is 5.69 Å². The van der Waals surface area contributed by atoms with Gasteiger partial charge >= 0.3 is 0 Å². The minimum atomic E-state index is -0.408. The lowest BCUT2D eigenvalue weighted by atomic mass is 10.3. The number of ether oxygens (including phenoxy) is 1. The van der Waals surface area contributed by atoms with E-state index in [9.17, 15) is 4.79 Å². The Morgan fingerprint density at radius 2 is 1.81 bits per heavy atom. The Kier molecular flexibility index (Phi) is 5.55. The molecule has 0 saturated heterocycles. The average Bonchev–Trinajstić information content (AvgIpc) is 2.65. The van der Waals surface area contributed by atoms with Gasteiger partial charge in [0, 0.05) is 16.8 Å². The molecule has 0 aliphatic heterocycles. The number of anilines is 3. The summed E-state index contributed by atoms with van der Waals surface area (Å²) in [5.74, 6) is 0.824. The van der Waals surface area contributed by atoms with Crippen molar-refractivity contribution in [2.75, 3.05) is 17.7 Å². The largest absolute Gasteiger partial charge is 0.497 e. The van der Waals surface area contributed by atoms with Gasteiger partial charge < -0.3 is 15.4 Å². The van der Waals surface area contributed by atoms with Gasteiger partial charge in [-0.05, 0) is 42.5 Å². The van der Waals surface area contributed by atoms with Crippen LogP contribution in [-0.2, 0) is 0 Å². The summed E-state index contributed by atoms with van der Waals surface area (Å²) in [4.78, 5) is 20.5. The maximum atomic E-state index is 12.4. The molecule has 0 bridgehead atoms. The first-order valence-electron chi connectivity index (χ1n) is 7.54. The van der Waals surface area contributed by atoms with Gasteiger partial charge in [0.25, 0.3) is 5.91 Å². The molecule has 0 saturated carbocycles. The van der Waals surface area contributed by atoms with E-state index < -0.39 is 5.91 Å². The SMILES string of the molecule is COc1ccc(Nc2cc(C(=O)Nc3ccc(Cl)cc3Cl)ncn2)cc1. The van der Waals surface area contributed by atoms with Crippen molar-refractivity contribution in [2.24, 2.45) is 0 Å². The Morgan fingerprint density at radius 1 is 1.04 bits per heavy atom. The first-order chi connectivity index (χ1) is 12.5. The molecule has 2 N–H and O–H groups in total. The Hall–Kier alpha value is -2.83. The minimum Gasteiger partial charge on any atom is -0.497 e. The first-order valence-corrected chi connectivity index (χ1v) is 8.30. The lowest BCUT2D eigenvalue weighted by Crippen LogP contribution is -2.14. The van der Waals surface area contributed by atoms with Crippen LogP contribution in [0.2, 0.25) is 10.0 Å². The van der Waals surface area contributed by atoms with Crippen LogP contribution in [0, 0.1) is 0 Å².